The molecule has 2 nitrogen and oxygen atoms in total. The van der Waals surface area contributed by atoms with E-state index in [-0.39, 0.29) is 0 Å². The molecule has 0 radical (unpaired) electrons. The number of aromatic nitrogens is 2. The maximum Gasteiger partial charge on any atom is 0.173 e. The van der Waals surface area contributed by atoms with Gasteiger partial charge in [-0.2, -0.15) is 4.37 Å². The second-order valence-electron chi connectivity index (χ2n) is 2.84. The zero-order chi connectivity index (χ0) is 10.8. The van der Waals surface area contributed by atoms with Gasteiger partial charge in [-0.3, -0.25) is 0 Å². The molecule has 0 saturated carbocycles. The van der Waals surface area contributed by atoms with Gasteiger partial charge in [0, 0.05) is 16.5 Å². The molecule has 78 valence electrons. The molecule has 6 heteroatoms. The Bertz CT molecular complexity index is 466. The molecule has 15 heavy (non-hydrogen) atoms. The molecule has 0 fully saturated rings. The first kappa shape index (κ1) is 11.6. The summed E-state index contributed by atoms with van der Waals surface area (Å²) in [6.07, 6.45) is 0.581. The highest BCUT2D eigenvalue weighted by molar-refractivity contribution is 14.1. The Balaban J connectivity index is 2.31. The average Bonchev–Trinajstić information content (AvgIpc) is 2.58. The van der Waals surface area contributed by atoms with Gasteiger partial charge < -0.3 is 0 Å². The lowest BCUT2D eigenvalue weighted by atomic mass is 10.1. The van der Waals surface area contributed by atoms with Gasteiger partial charge in [-0.05, 0) is 51.8 Å². The molecule has 0 N–H and O–H groups in total. The molecule has 0 aliphatic rings. The van der Waals surface area contributed by atoms with Crippen LogP contribution in [0.5, 0.6) is 0 Å². The molecule has 1 aromatic heterocycles. The highest BCUT2D eigenvalue weighted by atomic mass is 127. The molecule has 1 aromatic carbocycles. The molecule has 0 aliphatic heterocycles. The molecular weight excluding hydrogens is 366 g/mol. The minimum atomic E-state index is 0.581. The third kappa shape index (κ3) is 2.81. The molecule has 0 unspecified atom stereocenters. The molecular formula is C9H5Cl2IN2S. The van der Waals surface area contributed by atoms with E-state index in [1.165, 1.54) is 11.5 Å². The van der Waals surface area contributed by atoms with Gasteiger partial charge in [0.1, 0.15) is 5.82 Å². The largest absolute Gasteiger partial charge is 0.213 e. The van der Waals surface area contributed by atoms with Gasteiger partial charge >= 0.3 is 0 Å². The number of nitrogens with zero attached hydrogens (tertiary/aromatic N) is 2. The summed E-state index contributed by atoms with van der Waals surface area (Å²) in [6, 6.07) is 5.46. The molecule has 0 spiro atoms. The summed E-state index contributed by atoms with van der Waals surface area (Å²) in [5.74, 6) is 0.763. The van der Waals surface area contributed by atoms with Gasteiger partial charge in [0.15, 0.2) is 3.01 Å². The molecule has 0 saturated heterocycles. The van der Waals surface area contributed by atoms with Crippen LogP contribution in [0.25, 0.3) is 0 Å². The minimum Gasteiger partial charge on any atom is -0.213 e. The molecule has 1 heterocycles. The van der Waals surface area contributed by atoms with E-state index in [4.69, 9.17) is 23.2 Å². The van der Waals surface area contributed by atoms with Crippen LogP contribution in [-0.2, 0) is 6.42 Å². The van der Waals surface area contributed by atoms with Crippen molar-refractivity contribution >= 4 is 57.3 Å². The maximum atomic E-state index is 6.05. The third-order valence-electron chi connectivity index (χ3n) is 1.84. The van der Waals surface area contributed by atoms with Crippen LogP contribution in [0.4, 0.5) is 0 Å². The van der Waals surface area contributed by atoms with Crippen molar-refractivity contribution in [1.29, 1.82) is 0 Å². The minimum absolute atomic E-state index is 0.581. The summed E-state index contributed by atoms with van der Waals surface area (Å²) >= 11 is 15.6. The van der Waals surface area contributed by atoms with E-state index in [1.807, 2.05) is 18.2 Å². The Morgan fingerprint density at radius 3 is 2.47 bits per heavy atom. The number of benzene rings is 1. The quantitative estimate of drug-likeness (QED) is 0.745. The summed E-state index contributed by atoms with van der Waals surface area (Å²) < 4.78 is 5.12. The number of hydrogen-bond donors (Lipinski definition) is 0. The molecule has 0 bridgehead atoms. The monoisotopic (exact) mass is 370 g/mol. The topological polar surface area (TPSA) is 25.8 Å². The summed E-state index contributed by atoms with van der Waals surface area (Å²) in [5.41, 5.74) is 0.884. The predicted octanol–water partition coefficient (Wildman–Crippen LogP) is 4.04. The van der Waals surface area contributed by atoms with Crippen molar-refractivity contribution in [3.63, 3.8) is 0 Å². The lowest BCUT2D eigenvalue weighted by molar-refractivity contribution is 1.03. The standard InChI is InChI=1S/C9H5Cl2IN2S/c10-6-2-1-3-7(11)5(6)4-8-13-9(12)15-14-8/h1-3H,4H2. The van der Waals surface area contributed by atoms with Crippen molar-refractivity contribution in [2.45, 2.75) is 6.42 Å². The van der Waals surface area contributed by atoms with Crippen molar-refractivity contribution in [3.8, 4) is 0 Å². The fourth-order valence-corrected chi connectivity index (χ4v) is 2.70. The summed E-state index contributed by atoms with van der Waals surface area (Å²) in [7, 11) is 0. The zero-order valence-electron chi connectivity index (χ0n) is 7.38. The Hall–Kier alpha value is 0.0900. The highest BCUT2D eigenvalue weighted by Crippen LogP contribution is 2.26. The van der Waals surface area contributed by atoms with Crippen LogP contribution in [-0.4, -0.2) is 9.36 Å². The second-order valence-corrected chi connectivity index (χ2v) is 6.16. The lowest BCUT2D eigenvalue weighted by Gasteiger charge is -2.03. The Kier molecular flexibility index (Phi) is 3.82. The summed E-state index contributed by atoms with van der Waals surface area (Å²) in [6.45, 7) is 0. The van der Waals surface area contributed by atoms with Crippen molar-refractivity contribution in [2.24, 2.45) is 0 Å². The lowest BCUT2D eigenvalue weighted by Crippen LogP contribution is -1.93. The van der Waals surface area contributed by atoms with Gasteiger partial charge in [-0.15, -0.1) is 0 Å². The summed E-state index contributed by atoms with van der Waals surface area (Å²) in [4.78, 5) is 4.26. The van der Waals surface area contributed by atoms with E-state index in [0.29, 0.717) is 16.5 Å². The number of rotatable bonds is 2. The van der Waals surface area contributed by atoms with Crippen molar-refractivity contribution in [1.82, 2.24) is 9.36 Å². The van der Waals surface area contributed by atoms with Crippen LogP contribution in [0.2, 0.25) is 10.0 Å². The first-order valence-corrected chi connectivity index (χ1v) is 6.68. The Labute approximate surface area is 115 Å². The van der Waals surface area contributed by atoms with Crippen LogP contribution in [0, 0.1) is 3.01 Å². The number of hydrogen-bond acceptors (Lipinski definition) is 3. The van der Waals surface area contributed by atoms with Crippen molar-refractivity contribution in [3.05, 3.63) is 42.6 Å². The average molecular weight is 371 g/mol. The van der Waals surface area contributed by atoms with Crippen LogP contribution < -0.4 is 0 Å². The molecule has 0 aliphatic carbocycles. The zero-order valence-corrected chi connectivity index (χ0v) is 11.9. The van der Waals surface area contributed by atoms with Crippen LogP contribution in [0.3, 0.4) is 0 Å². The van der Waals surface area contributed by atoms with E-state index in [0.717, 1.165) is 14.4 Å². The molecule has 0 amide bonds. The SMILES string of the molecule is Clc1cccc(Cl)c1Cc1nsc(I)n1. The first-order valence-electron chi connectivity index (χ1n) is 4.08. The fourth-order valence-electron chi connectivity index (χ4n) is 1.16. The van der Waals surface area contributed by atoms with Gasteiger partial charge in [0.25, 0.3) is 0 Å². The summed E-state index contributed by atoms with van der Waals surface area (Å²) in [5, 5.41) is 1.32. The van der Waals surface area contributed by atoms with E-state index in [1.54, 1.807) is 0 Å². The fraction of sp³-hybridized carbons (Fsp3) is 0.111. The van der Waals surface area contributed by atoms with Crippen LogP contribution >= 0.6 is 57.3 Å². The van der Waals surface area contributed by atoms with E-state index in [9.17, 15) is 0 Å². The van der Waals surface area contributed by atoms with E-state index < -0.39 is 0 Å². The van der Waals surface area contributed by atoms with Crippen molar-refractivity contribution in [2.75, 3.05) is 0 Å². The van der Waals surface area contributed by atoms with Crippen molar-refractivity contribution < 1.29 is 0 Å². The third-order valence-corrected chi connectivity index (χ3v) is 3.92. The Morgan fingerprint density at radius 2 is 1.93 bits per heavy atom. The van der Waals surface area contributed by atoms with Gasteiger partial charge in [-0.1, -0.05) is 29.3 Å². The van der Waals surface area contributed by atoms with Crippen LogP contribution in [0.1, 0.15) is 11.4 Å². The smallest absolute Gasteiger partial charge is 0.173 e. The number of halogens is 3. The first-order chi connectivity index (χ1) is 7.16. The second kappa shape index (κ2) is 4.95. The van der Waals surface area contributed by atoms with E-state index in [2.05, 4.69) is 31.9 Å². The normalized spacial score (nSPS) is 10.6. The van der Waals surface area contributed by atoms with E-state index >= 15 is 0 Å². The molecule has 0 atom stereocenters. The van der Waals surface area contributed by atoms with Gasteiger partial charge in [-0.25, -0.2) is 4.98 Å². The molecule has 2 rings (SSSR count). The maximum absolute atomic E-state index is 6.05. The van der Waals surface area contributed by atoms with Gasteiger partial charge in [0.05, 0.1) is 0 Å². The van der Waals surface area contributed by atoms with Gasteiger partial charge in [0.2, 0.25) is 0 Å². The van der Waals surface area contributed by atoms with Crippen LogP contribution in [0.15, 0.2) is 18.2 Å². The Morgan fingerprint density at radius 1 is 1.27 bits per heavy atom. The highest BCUT2D eigenvalue weighted by Gasteiger charge is 2.09. The molecule has 2 aromatic rings. The predicted molar refractivity (Wildman–Crippen MR) is 71.9 cm³/mol.